The first kappa shape index (κ1) is 9.61. The predicted octanol–water partition coefficient (Wildman–Crippen LogP) is 1.84. The van der Waals surface area contributed by atoms with Gasteiger partial charge in [-0.05, 0) is 6.07 Å². The van der Waals surface area contributed by atoms with Gasteiger partial charge in [0, 0.05) is 5.56 Å². The van der Waals surface area contributed by atoms with Gasteiger partial charge in [-0.3, -0.25) is 0 Å². The number of fused-ring (bicyclic) bond motifs is 1. The number of halogens is 2. The summed E-state index contributed by atoms with van der Waals surface area (Å²) in [7, 11) is 0. The Morgan fingerprint density at radius 2 is 2.20 bits per heavy atom. The number of benzene rings is 1. The van der Waals surface area contributed by atoms with E-state index in [9.17, 15) is 13.6 Å². The Morgan fingerprint density at radius 3 is 2.93 bits per heavy atom. The Bertz CT molecular complexity index is 441. The van der Waals surface area contributed by atoms with Crippen molar-refractivity contribution in [3.8, 4) is 11.5 Å². The van der Waals surface area contributed by atoms with Crippen molar-refractivity contribution < 1.29 is 23.0 Å². The lowest BCUT2D eigenvalue weighted by Gasteiger charge is -2.05. The molecule has 0 bridgehead atoms. The van der Waals surface area contributed by atoms with Gasteiger partial charge in [0.1, 0.15) is 0 Å². The van der Waals surface area contributed by atoms with Crippen LogP contribution in [-0.4, -0.2) is 12.4 Å². The van der Waals surface area contributed by atoms with Gasteiger partial charge >= 0.3 is 6.29 Å². The number of hydrogen-bond acceptors (Lipinski definition) is 4. The van der Waals surface area contributed by atoms with E-state index in [2.05, 4.69) is 14.5 Å². The molecule has 1 aromatic rings. The lowest BCUT2D eigenvalue weighted by atomic mass is 10.2. The molecule has 15 heavy (non-hydrogen) atoms. The van der Waals surface area contributed by atoms with Gasteiger partial charge in [0.05, 0.1) is 6.54 Å². The van der Waals surface area contributed by atoms with Gasteiger partial charge in [0.15, 0.2) is 11.5 Å². The van der Waals surface area contributed by atoms with E-state index in [0.29, 0.717) is 5.56 Å². The predicted molar refractivity (Wildman–Crippen MR) is 44.5 cm³/mol. The number of hydrogen-bond donors (Lipinski definition) is 0. The molecule has 0 aliphatic carbocycles. The standard InChI is InChI=1S/C9H5F2NO3/c10-9(11)14-7-3-1-2-6(4-12-5-13)8(7)15-9/h1-3H,4H2. The molecule has 1 aliphatic rings. The Morgan fingerprint density at radius 1 is 1.40 bits per heavy atom. The first-order valence-electron chi connectivity index (χ1n) is 4.04. The molecule has 0 unspecified atom stereocenters. The average Bonchev–Trinajstić information content (AvgIpc) is 2.49. The summed E-state index contributed by atoms with van der Waals surface area (Å²) in [6.07, 6.45) is -2.33. The third kappa shape index (κ3) is 1.80. The van der Waals surface area contributed by atoms with Gasteiger partial charge < -0.3 is 9.47 Å². The van der Waals surface area contributed by atoms with Gasteiger partial charge in [0.2, 0.25) is 6.08 Å². The van der Waals surface area contributed by atoms with Crippen LogP contribution in [0.3, 0.4) is 0 Å². The molecule has 0 N–H and O–H groups in total. The van der Waals surface area contributed by atoms with Crippen LogP contribution in [0.1, 0.15) is 5.56 Å². The number of rotatable bonds is 2. The molecule has 0 spiro atoms. The van der Waals surface area contributed by atoms with Crippen LogP contribution in [0.2, 0.25) is 0 Å². The normalized spacial score (nSPS) is 15.9. The summed E-state index contributed by atoms with van der Waals surface area (Å²) >= 11 is 0. The first-order valence-corrected chi connectivity index (χ1v) is 4.04. The van der Waals surface area contributed by atoms with E-state index in [4.69, 9.17) is 0 Å². The fraction of sp³-hybridized carbons (Fsp3) is 0.222. The summed E-state index contributed by atoms with van der Waals surface area (Å²) in [4.78, 5) is 13.2. The molecule has 4 nitrogen and oxygen atoms in total. The number of nitrogens with zero attached hydrogens (tertiary/aromatic N) is 1. The van der Waals surface area contributed by atoms with E-state index in [1.54, 1.807) is 0 Å². The van der Waals surface area contributed by atoms with Crippen molar-refractivity contribution in [2.45, 2.75) is 12.8 Å². The monoisotopic (exact) mass is 213 g/mol. The van der Waals surface area contributed by atoms with E-state index in [1.807, 2.05) is 0 Å². The topological polar surface area (TPSA) is 47.9 Å². The Hall–Kier alpha value is -1.94. The fourth-order valence-corrected chi connectivity index (χ4v) is 1.27. The lowest BCUT2D eigenvalue weighted by Crippen LogP contribution is -2.26. The quantitative estimate of drug-likeness (QED) is 0.556. The summed E-state index contributed by atoms with van der Waals surface area (Å²) < 4.78 is 33.9. The molecule has 78 valence electrons. The van der Waals surface area contributed by atoms with Gasteiger partial charge in [-0.2, -0.15) is 0 Å². The summed E-state index contributed by atoms with van der Waals surface area (Å²) in [6.45, 7) is -0.0634. The highest BCUT2D eigenvalue weighted by Crippen LogP contribution is 2.43. The largest absolute Gasteiger partial charge is 0.586 e. The lowest BCUT2D eigenvalue weighted by molar-refractivity contribution is -0.286. The maximum Gasteiger partial charge on any atom is 0.586 e. The van der Waals surface area contributed by atoms with Gasteiger partial charge in [-0.15, -0.1) is 8.78 Å². The van der Waals surface area contributed by atoms with Gasteiger partial charge in [-0.1, -0.05) is 12.1 Å². The summed E-state index contributed by atoms with van der Waals surface area (Å²) in [5.74, 6) is -0.139. The zero-order valence-electron chi connectivity index (χ0n) is 7.37. The third-order valence-electron chi connectivity index (χ3n) is 1.82. The molecular formula is C9H5F2NO3. The highest BCUT2D eigenvalue weighted by atomic mass is 19.3. The molecule has 0 amide bonds. The summed E-state index contributed by atoms with van der Waals surface area (Å²) in [5, 5.41) is 0. The molecule has 0 saturated heterocycles. The molecule has 0 atom stereocenters. The summed E-state index contributed by atoms with van der Waals surface area (Å²) in [6, 6.07) is 4.38. The Balaban J connectivity index is 2.37. The highest BCUT2D eigenvalue weighted by Gasteiger charge is 2.44. The number of aliphatic imine (C=N–C) groups is 1. The molecule has 1 aromatic carbocycles. The Labute approximate surface area is 83.1 Å². The van der Waals surface area contributed by atoms with Crippen LogP contribution in [0.15, 0.2) is 23.2 Å². The second kappa shape index (κ2) is 3.33. The zero-order valence-corrected chi connectivity index (χ0v) is 7.37. The van der Waals surface area contributed by atoms with Crippen LogP contribution in [0.5, 0.6) is 11.5 Å². The fourth-order valence-electron chi connectivity index (χ4n) is 1.27. The minimum atomic E-state index is -3.65. The third-order valence-corrected chi connectivity index (χ3v) is 1.82. The molecule has 2 rings (SSSR count). The minimum absolute atomic E-state index is 0.0569. The van der Waals surface area contributed by atoms with Crippen LogP contribution in [0, 0.1) is 0 Å². The van der Waals surface area contributed by atoms with E-state index >= 15 is 0 Å². The zero-order chi connectivity index (χ0) is 10.9. The van der Waals surface area contributed by atoms with Crippen molar-refractivity contribution in [2.75, 3.05) is 0 Å². The number of para-hydroxylation sites is 1. The van der Waals surface area contributed by atoms with Crippen molar-refractivity contribution >= 4 is 6.08 Å². The Kier molecular flexibility index (Phi) is 2.13. The van der Waals surface area contributed by atoms with Crippen LogP contribution in [-0.2, 0) is 11.3 Å². The minimum Gasteiger partial charge on any atom is -0.395 e. The number of ether oxygens (including phenoxy) is 2. The molecule has 0 fully saturated rings. The van der Waals surface area contributed by atoms with Gasteiger partial charge in [-0.25, -0.2) is 9.79 Å². The van der Waals surface area contributed by atoms with Crippen LogP contribution >= 0.6 is 0 Å². The molecule has 1 aliphatic heterocycles. The van der Waals surface area contributed by atoms with E-state index in [0.717, 1.165) is 0 Å². The molecule has 6 heteroatoms. The first-order chi connectivity index (χ1) is 7.12. The second-order valence-corrected chi connectivity index (χ2v) is 2.82. The molecular weight excluding hydrogens is 208 g/mol. The molecule has 1 heterocycles. The van der Waals surface area contributed by atoms with E-state index in [-0.39, 0.29) is 18.0 Å². The van der Waals surface area contributed by atoms with Crippen molar-refractivity contribution in [3.63, 3.8) is 0 Å². The SMILES string of the molecule is O=C=NCc1cccc2c1OC(F)(F)O2. The van der Waals surface area contributed by atoms with Crippen LogP contribution in [0.25, 0.3) is 0 Å². The van der Waals surface area contributed by atoms with Crippen molar-refractivity contribution in [1.29, 1.82) is 0 Å². The van der Waals surface area contributed by atoms with E-state index < -0.39 is 6.29 Å². The molecule has 0 aromatic heterocycles. The van der Waals surface area contributed by atoms with Crippen LogP contribution < -0.4 is 9.47 Å². The maximum absolute atomic E-state index is 12.7. The molecule has 0 radical (unpaired) electrons. The number of carbonyl (C=O) groups excluding carboxylic acids is 1. The second-order valence-electron chi connectivity index (χ2n) is 2.82. The summed E-state index contributed by atoms with van der Waals surface area (Å²) in [5.41, 5.74) is 0.355. The molecule has 0 saturated carbocycles. The highest BCUT2D eigenvalue weighted by molar-refractivity contribution is 5.49. The smallest absolute Gasteiger partial charge is 0.395 e. The average molecular weight is 213 g/mol. The maximum atomic E-state index is 12.7. The van der Waals surface area contributed by atoms with Crippen LogP contribution in [0.4, 0.5) is 8.78 Å². The van der Waals surface area contributed by atoms with E-state index in [1.165, 1.54) is 24.3 Å². The number of alkyl halides is 2. The van der Waals surface area contributed by atoms with Crippen molar-refractivity contribution in [3.05, 3.63) is 23.8 Å². The van der Waals surface area contributed by atoms with Crippen molar-refractivity contribution in [1.82, 2.24) is 0 Å². The number of isocyanates is 1. The van der Waals surface area contributed by atoms with Crippen molar-refractivity contribution in [2.24, 2.45) is 4.99 Å². The van der Waals surface area contributed by atoms with Gasteiger partial charge in [0.25, 0.3) is 0 Å².